The molecule has 0 saturated carbocycles. The van der Waals surface area contributed by atoms with Crippen LogP contribution in [0.25, 0.3) is 0 Å². The van der Waals surface area contributed by atoms with Gasteiger partial charge in [0.05, 0.1) is 12.8 Å². The summed E-state index contributed by atoms with van der Waals surface area (Å²) >= 11 is 6.12. The molecular formula is C19H25ClN6O3. The number of methoxy groups -OCH3 is 1. The predicted molar refractivity (Wildman–Crippen MR) is 111 cm³/mol. The zero-order valence-corrected chi connectivity index (χ0v) is 17.7. The second-order valence-electron chi connectivity index (χ2n) is 7.51. The molecule has 1 saturated heterocycles. The highest BCUT2D eigenvalue weighted by Gasteiger charge is 2.27. The molecule has 3 rings (SSSR count). The number of amides is 1. The van der Waals surface area contributed by atoms with Gasteiger partial charge < -0.3 is 24.6 Å². The minimum Gasteiger partial charge on any atom is -0.495 e. The molecule has 29 heavy (non-hydrogen) atoms. The maximum Gasteiger partial charge on any atom is 0.410 e. The van der Waals surface area contributed by atoms with Gasteiger partial charge in [-0.1, -0.05) is 12.1 Å². The number of ether oxygens (including phenoxy) is 2. The summed E-state index contributed by atoms with van der Waals surface area (Å²) in [5.74, 6) is 1.43. The van der Waals surface area contributed by atoms with Gasteiger partial charge in [0, 0.05) is 26.2 Å². The van der Waals surface area contributed by atoms with Gasteiger partial charge in [0.25, 0.3) is 0 Å². The Kier molecular flexibility index (Phi) is 6.26. The first kappa shape index (κ1) is 20.9. The topological polar surface area (TPSA) is 92.7 Å². The third-order valence-electron chi connectivity index (χ3n) is 4.16. The molecule has 2 heterocycles. The number of halogens is 1. The van der Waals surface area contributed by atoms with Gasteiger partial charge in [0.1, 0.15) is 11.4 Å². The summed E-state index contributed by atoms with van der Waals surface area (Å²) in [6.45, 7) is 7.70. The predicted octanol–water partition coefficient (Wildman–Crippen LogP) is 3.33. The van der Waals surface area contributed by atoms with Gasteiger partial charge in [-0.15, -0.1) is 0 Å². The Morgan fingerprint density at radius 3 is 2.45 bits per heavy atom. The van der Waals surface area contributed by atoms with Crippen molar-refractivity contribution in [3.63, 3.8) is 0 Å². The van der Waals surface area contributed by atoms with E-state index in [4.69, 9.17) is 21.1 Å². The first-order chi connectivity index (χ1) is 13.7. The number of para-hydroxylation sites is 2. The van der Waals surface area contributed by atoms with Crippen LogP contribution >= 0.6 is 11.6 Å². The Balaban J connectivity index is 1.69. The number of hydrogen-bond donors (Lipinski definition) is 1. The van der Waals surface area contributed by atoms with Crippen molar-refractivity contribution in [2.24, 2.45) is 0 Å². The maximum absolute atomic E-state index is 12.2. The number of hydrogen-bond acceptors (Lipinski definition) is 8. The molecule has 1 aliphatic heterocycles. The van der Waals surface area contributed by atoms with Crippen LogP contribution in [-0.2, 0) is 4.74 Å². The van der Waals surface area contributed by atoms with E-state index in [-0.39, 0.29) is 11.4 Å². The van der Waals surface area contributed by atoms with E-state index in [0.29, 0.717) is 43.8 Å². The smallest absolute Gasteiger partial charge is 0.410 e. The second kappa shape index (κ2) is 8.69. The minimum atomic E-state index is -0.519. The summed E-state index contributed by atoms with van der Waals surface area (Å²) in [5.41, 5.74) is 0.202. The number of anilines is 3. The molecule has 1 fully saturated rings. The number of aromatic nitrogens is 3. The lowest BCUT2D eigenvalue weighted by Crippen LogP contribution is -2.50. The van der Waals surface area contributed by atoms with Crippen LogP contribution < -0.4 is 15.0 Å². The van der Waals surface area contributed by atoms with Crippen molar-refractivity contribution in [1.29, 1.82) is 0 Å². The SMILES string of the molecule is COc1ccccc1Nc1nc(Cl)nc(N2CCN(C(=O)OC(C)(C)C)CC2)n1. The molecule has 0 unspecified atom stereocenters. The van der Waals surface area contributed by atoms with E-state index in [1.54, 1.807) is 12.0 Å². The van der Waals surface area contributed by atoms with Crippen LogP contribution in [0.15, 0.2) is 24.3 Å². The van der Waals surface area contributed by atoms with E-state index in [9.17, 15) is 4.79 Å². The van der Waals surface area contributed by atoms with Crippen LogP contribution in [0.1, 0.15) is 20.8 Å². The fourth-order valence-electron chi connectivity index (χ4n) is 2.82. The first-order valence-corrected chi connectivity index (χ1v) is 9.67. The molecule has 1 amide bonds. The number of piperazine rings is 1. The van der Waals surface area contributed by atoms with Crippen LogP contribution in [0, 0.1) is 0 Å². The van der Waals surface area contributed by atoms with Crippen LogP contribution in [0.3, 0.4) is 0 Å². The maximum atomic E-state index is 12.2. The third-order valence-corrected chi connectivity index (χ3v) is 4.33. The van der Waals surface area contributed by atoms with Crippen LogP contribution in [0.4, 0.5) is 22.4 Å². The largest absolute Gasteiger partial charge is 0.495 e. The summed E-state index contributed by atoms with van der Waals surface area (Å²) in [7, 11) is 1.59. The molecule has 1 aromatic carbocycles. The molecule has 1 aliphatic rings. The van der Waals surface area contributed by atoms with Crippen LogP contribution in [0.5, 0.6) is 5.75 Å². The van der Waals surface area contributed by atoms with Gasteiger partial charge >= 0.3 is 6.09 Å². The summed E-state index contributed by atoms with van der Waals surface area (Å²) in [5, 5.41) is 3.20. The number of benzene rings is 1. The van der Waals surface area contributed by atoms with E-state index in [0.717, 1.165) is 5.69 Å². The van der Waals surface area contributed by atoms with Crippen molar-refractivity contribution in [2.45, 2.75) is 26.4 Å². The van der Waals surface area contributed by atoms with Crippen molar-refractivity contribution in [2.75, 3.05) is 43.5 Å². The summed E-state index contributed by atoms with van der Waals surface area (Å²) < 4.78 is 10.8. The molecule has 10 heteroatoms. The number of carbonyl (C=O) groups excluding carboxylic acids is 1. The highest BCUT2D eigenvalue weighted by atomic mass is 35.5. The van der Waals surface area contributed by atoms with Crippen molar-refractivity contribution in [3.05, 3.63) is 29.5 Å². The summed E-state index contributed by atoms with van der Waals surface area (Å²) in [4.78, 5) is 28.7. The molecule has 2 aromatic rings. The molecular weight excluding hydrogens is 396 g/mol. The van der Waals surface area contributed by atoms with Crippen LogP contribution in [-0.4, -0.2) is 64.8 Å². The molecule has 0 spiro atoms. The number of nitrogens with one attached hydrogen (secondary N) is 1. The van der Waals surface area contributed by atoms with E-state index in [1.807, 2.05) is 49.9 Å². The fourth-order valence-corrected chi connectivity index (χ4v) is 2.98. The molecule has 0 aliphatic carbocycles. The molecule has 1 N–H and O–H groups in total. The normalized spacial score (nSPS) is 14.5. The standard InChI is InChI=1S/C19H25ClN6O3/c1-19(2,3)29-18(27)26-11-9-25(10-12-26)17-23-15(20)22-16(24-17)21-13-7-5-6-8-14(13)28-4/h5-8H,9-12H2,1-4H3,(H,21,22,23,24). The average Bonchev–Trinajstić information content (AvgIpc) is 2.67. The number of rotatable bonds is 4. The highest BCUT2D eigenvalue weighted by Crippen LogP contribution is 2.26. The zero-order chi connectivity index (χ0) is 21.0. The summed E-state index contributed by atoms with van der Waals surface area (Å²) in [6, 6.07) is 7.45. The Morgan fingerprint density at radius 2 is 1.79 bits per heavy atom. The van der Waals surface area contributed by atoms with Gasteiger partial charge in [-0.2, -0.15) is 15.0 Å². The van der Waals surface area contributed by atoms with Gasteiger partial charge in [-0.25, -0.2) is 4.79 Å². The Morgan fingerprint density at radius 1 is 1.10 bits per heavy atom. The van der Waals surface area contributed by atoms with E-state index in [1.165, 1.54) is 0 Å². The van der Waals surface area contributed by atoms with Crippen molar-refractivity contribution in [1.82, 2.24) is 19.9 Å². The van der Waals surface area contributed by atoms with E-state index >= 15 is 0 Å². The quantitative estimate of drug-likeness (QED) is 0.805. The Bertz CT molecular complexity index is 865. The Labute approximate surface area is 175 Å². The molecule has 9 nitrogen and oxygen atoms in total. The number of nitrogens with zero attached hydrogens (tertiary/aromatic N) is 5. The molecule has 156 valence electrons. The minimum absolute atomic E-state index is 0.0852. The van der Waals surface area contributed by atoms with Gasteiger partial charge in [0.2, 0.25) is 17.2 Å². The lowest BCUT2D eigenvalue weighted by molar-refractivity contribution is 0.0240. The van der Waals surface area contributed by atoms with Gasteiger partial charge in [-0.3, -0.25) is 0 Å². The summed E-state index contributed by atoms with van der Waals surface area (Å²) in [6.07, 6.45) is -0.315. The molecule has 0 bridgehead atoms. The monoisotopic (exact) mass is 420 g/mol. The highest BCUT2D eigenvalue weighted by molar-refractivity contribution is 6.28. The first-order valence-electron chi connectivity index (χ1n) is 9.29. The second-order valence-corrected chi connectivity index (χ2v) is 7.85. The average molecular weight is 421 g/mol. The van der Waals surface area contributed by atoms with Crippen molar-refractivity contribution >= 4 is 35.3 Å². The van der Waals surface area contributed by atoms with E-state index in [2.05, 4.69) is 20.3 Å². The Hall–Kier alpha value is -2.81. The van der Waals surface area contributed by atoms with Crippen LogP contribution in [0.2, 0.25) is 5.28 Å². The van der Waals surface area contributed by atoms with E-state index < -0.39 is 5.60 Å². The molecule has 0 radical (unpaired) electrons. The van der Waals surface area contributed by atoms with Crippen molar-refractivity contribution < 1.29 is 14.3 Å². The van der Waals surface area contributed by atoms with Gasteiger partial charge in [-0.05, 0) is 44.5 Å². The lowest BCUT2D eigenvalue weighted by Gasteiger charge is -2.35. The van der Waals surface area contributed by atoms with Crippen molar-refractivity contribution in [3.8, 4) is 5.75 Å². The number of carbonyl (C=O) groups is 1. The molecule has 1 aromatic heterocycles. The van der Waals surface area contributed by atoms with Gasteiger partial charge in [0.15, 0.2) is 0 Å². The zero-order valence-electron chi connectivity index (χ0n) is 17.0. The lowest BCUT2D eigenvalue weighted by atomic mass is 10.2. The molecule has 0 atom stereocenters. The third kappa shape index (κ3) is 5.60. The fraction of sp³-hybridized carbons (Fsp3) is 0.474.